The van der Waals surface area contributed by atoms with Crippen LogP contribution in [0.5, 0.6) is 0 Å². The van der Waals surface area contributed by atoms with Crippen LogP contribution < -0.4 is 0 Å². The summed E-state index contributed by atoms with van der Waals surface area (Å²) in [5.41, 5.74) is 0.542. The molecule has 0 spiro atoms. The fraction of sp³-hybridized carbons (Fsp3) is 0.257. The lowest BCUT2D eigenvalue weighted by Crippen LogP contribution is -2.47. The Labute approximate surface area is 277 Å². The number of hydrogen-bond acceptors (Lipinski definition) is 9. The molecule has 48 heavy (non-hydrogen) atoms. The normalized spacial score (nSPS) is 20.6. The highest BCUT2D eigenvalue weighted by atomic mass is 32.2. The molecule has 1 heterocycles. The summed E-state index contributed by atoms with van der Waals surface area (Å²) < 4.78 is 31.2. The summed E-state index contributed by atoms with van der Waals surface area (Å²) in [6.45, 7) is 0. The van der Waals surface area contributed by atoms with E-state index >= 15 is 8.42 Å². The van der Waals surface area contributed by atoms with E-state index in [-0.39, 0.29) is 44.8 Å². The number of sulfonamides is 1. The molecule has 0 radical (unpaired) electrons. The van der Waals surface area contributed by atoms with Gasteiger partial charge in [-0.15, -0.1) is 0 Å². The Bertz CT molecular complexity index is 2010. The smallest absolute Gasteiger partial charge is 0.269 e. The number of nitriles is 1. The van der Waals surface area contributed by atoms with Crippen LogP contribution in [0.2, 0.25) is 0 Å². The SMILES string of the molecule is N#Cc1ccc(S(=O)(=O)N2C(c3cccc([N+](=O)[O-])c3)C(C(=O)c3ccccc3)N(C3CCCCC3)C2c2cccc([N+](=O)[O-])c2)cc1. The van der Waals surface area contributed by atoms with Gasteiger partial charge in [-0.2, -0.15) is 9.57 Å². The van der Waals surface area contributed by atoms with Gasteiger partial charge in [0.15, 0.2) is 5.78 Å². The van der Waals surface area contributed by atoms with Gasteiger partial charge in [-0.05, 0) is 48.2 Å². The molecule has 2 fully saturated rings. The van der Waals surface area contributed by atoms with Crippen LogP contribution in [0.25, 0.3) is 0 Å². The summed E-state index contributed by atoms with van der Waals surface area (Å²) in [5, 5.41) is 33.3. The molecule has 4 aromatic rings. The average molecular weight is 666 g/mol. The standard InChI is InChI=1S/C35H31N5O7S/c36-23-24-17-19-31(20-18-24)48(46,47)38-32(26-11-7-15-29(21-26)39(42)43)33(34(41)25-9-3-1-4-10-25)37(28-13-5-2-6-14-28)35(38)27-12-8-16-30(22-27)40(44)45/h1,3-4,7-12,15-22,28,32-33,35H,2,5-6,13-14H2. The van der Waals surface area contributed by atoms with E-state index in [4.69, 9.17) is 0 Å². The molecular weight excluding hydrogens is 634 g/mol. The lowest BCUT2D eigenvalue weighted by molar-refractivity contribution is -0.385. The van der Waals surface area contributed by atoms with Crippen molar-refractivity contribution in [1.29, 1.82) is 5.26 Å². The van der Waals surface area contributed by atoms with Crippen molar-refractivity contribution in [2.75, 3.05) is 0 Å². The van der Waals surface area contributed by atoms with Crippen molar-refractivity contribution < 1.29 is 23.1 Å². The van der Waals surface area contributed by atoms with E-state index in [0.29, 0.717) is 18.4 Å². The molecule has 6 rings (SSSR count). The molecule has 244 valence electrons. The van der Waals surface area contributed by atoms with Gasteiger partial charge in [0.2, 0.25) is 10.0 Å². The van der Waals surface area contributed by atoms with Crippen molar-refractivity contribution in [3.63, 3.8) is 0 Å². The molecule has 1 saturated carbocycles. The van der Waals surface area contributed by atoms with E-state index in [0.717, 1.165) is 19.3 Å². The van der Waals surface area contributed by atoms with Gasteiger partial charge in [-0.25, -0.2) is 8.42 Å². The van der Waals surface area contributed by atoms with Gasteiger partial charge in [0.05, 0.1) is 38.5 Å². The van der Waals surface area contributed by atoms with E-state index in [1.807, 2.05) is 11.0 Å². The minimum absolute atomic E-state index is 0.163. The lowest BCUT2D eigenvalue weighted by atomic mass is 9.88. The third-order valence-electron chi connectivity index (χ3n) is 9.10. The summed E-state index contributed by atoms with van der Waals surface area (Å²) in [6.07, 6.45) is 2.73. The van der Waals surface area contributed by atoms with Gasteiger partial charge in [-0.3, -0.25) is 29.9 Å². The quantitative estimate of drug-likeness (QED) is 0.107. The molecule has 1 saturated heterocycles. The Hall–Kier alpha value is -5.29. The number of nitro benzene ring substituents is 2. The Morgan fingerprint density at radius 1 is 0.771 bits per heavy atom. The number of nitrogens with zero attached hydrogens (tertiary/aromatic N) is 5. The van der Waals surface area contributed by atoms with Crippen molar-refractivity contribution in [3.8, 4) is 6.07 Å². The predicted molar refractivity (Wildman–Crippen MR) is 175 cm³/mol. The van der Waals surface area contributed by atoms with Crippen LogP contribution in [0, 0.1) is 31.6 Å². The number of Topliss-reactive ketones (excluding diaryl/α,β-unsaturated/α-hetero) is 1. The second-order valence-electron chi connectivity index (χ2n) is 11.9. The number of ketones is 1. The molecule has 3 atom stereocenters. The third kappa shape index (κ3) is 6.09. The van der Waals surface area contributed by atoms with Crippen molar-refractivity contribution >= 4 is 27.2 Å². The number of carbonyl (C=O) groups excluding carboxylic acids is 1. The molecular formula is C35H31N5O7S. The number of hydrogen-bond donors (Lipinski definition) is 0. The first-order valence-electron chi connectivity index (χ1n) is 15.5. The van der Waals surface area contributed by atoms with E-state index in [1.165, 1.54) is 65.0 Å². The Morgan fingerprint density at radius 3 is 1.94 bits per heavy atom. The average Bonchev–Trinajstić information content (AvgIpc) is 3.49. The van der Waals surface area contributed by atoms with E-state index in [9.17, 15) is 30.3 Å². The molecule has 0 aromatic heterocycles. The van der Waals surface area contributed by atoms with E-state index in [2.05, 4.69) is 0 Å². The van der Waals surface area contributed by atoms with Crippen LogP contribution in [0.3, 0.4) is 0 Å². The number of benzene rings is 4. The van der Waals surface area contributed by atoms with Crippen LogP contribution in [0.15, 0.2) is 108 Å². The molecule has 1 aliphatic heterocycles. The molecule has 0 bridgehead atoms. The monoisotopic (exact) mass is 665 g/mol. The van der Waals surface area contributed by atoms with Gasteiger partial charge in [0.25, 0.3) is 11.4 Å². The maximum atomic E-state index is 15.0. The molecule has 13 heteroatoms. The zero-order valence-corrected chi connectivity index (χ0v) is 26.5. The number of nitro groups is 2. The molecule has 12 nitrogen and oxygen atoms in total. The highest BCUT2D eigenvalue weighted by Gasteiger charge is 2.58. The van der Waals surface area contributed by atoms with Crippen LogP contribution in [0.4, 0.5) is 11.4 Å². The highest BCUT2D eigenvalue weighted by Crippen LogP contribution is 2.52. The minimum atomic E-state index is -4.55. The van der Waals surface area contributed by atoms with Crippen LogP contribution in [0.1, 0.15) is 71.4 Å². The predicted octanol–water partition coefficient (Wildman–Crippen LogP) is 6.71. The van der Waals surface area contributed by atoms with Crippen molar-refractivity contribution in [1.82, 2.24) is 9.21 Å². The second kappa shape index (κ2) is 13.4. The van der Waals surface area contributed by atoms with Gasteiger partial charge in [0, 0.05) is 35.9 Å². The van der Waals surface area contributed by atoms with Crippen LogP contribution in [-0.2, 0) is 10.0 Å². The molecule has 4 aromatic carbocycles. The Morgan fingerprint density at radius 2 is 1.35 bits per heavy atom. The maximum absolute atomic E-state index is 15.0. The van der Waals surface area contributed by atoms with Gasteiger partial charge >= 0.3 is 0 Å². The minimum Gasteiger partial charge on any atom is -0.292 e. The van der Waals surface area contributed by atoms with Gasteiger partial charge < -0.3 is 0 Å². The summed E-state index contributed by atoms with van der Waals surface area (Å²) in [7, 11) is -4.55. The Balaban J connectivity index is 1.69. The number of rotatable bonds is 9. The van der Waals surface area contributed by atoms with Crippen molar-refractivity contribution in [2.24, 2.45) is 0 Å². The van der Waals surface area contributed by atoms with Crippen molar-refractivity contribution in [2.45, 2.75) is 61.3 Å². The van der Waals surface area contributed by atoms with Gasteiger partial charge in [0.1, 0.15) is 6.17 Å². The topological polar surface area (TPSA) is 168 Å². The highest BCUT2D eigenvalue weighted by molar-refractivity contribution is 7.89. The maximum Gasteiger partial charge on any atom is 0.269 e. The summed E-state index contributed by atoms with van der Waals surface area (Å²) in [6, 6.07) is 24.4. The molecule has 3 unspecified atom stereocenters. The van der Waals surface area contributed by atoms with Crippen molar-refractivity contribution in [3.05, 3.63) is 146 Å². The molecule has 0 N–H and O–H groups in total. The summed E-state index contributed by atoms with van der Waals surface area (Å²) in [5.74, 6) is -0.384. The fourth-order valence-electron chi connectivity index (χ4n) is 6.97. The summed E-state index contributed by atoms with van der Waals surface area (Å²) >= 11 is 0. The van der Waals surface area contributed by atoms with Crippen LogP contribution in [-0.4, -0.2) is 45.3 Å². The van der Waals surface area contributed by atoms with Gasteiger partial charge in [-0.1, -0.05) is 73.9 Å². The first kappa shape index (κ1) is 32.6. The summed E-state index contributed by atoms with van der Waals surface area (Å²) in [4.78, 5) is 39.3. The fourth-order valence-corrected chi connectivity index (χ4v) is 8.72. The zero-order valence-electron chi connectivity index (χ0n) is 25.7. The molecule has 1 aliphatic carbocycles. The molecule has 0 amide bonds. The first-order valence-corrected chi connectivity index (χ1v) is 16.9. The van der Waals surface area contributed by atoms with E-state index < -0.39 is 38.1 Å². The number of carbonyl (C=O) groups is 1. The third-order valence-corrected chi connectivity index (χ3v) is 11.0. The zero-order chi connectivity index (χ0) is 34.0. The lowest BCUT2D eigenvalue weighted by Gasteiger charge is -2.39. The number of non-ortho nitro benzene ring substituents is 2. The van der Waals surface area contributed by atoms with Crippen LogP contribution >= 0.6 is 0 Å². The first-order chi connectivity index (χ1) is 23.1. The molecule has 2 aliphatic rings. The largest absolute Gasteiger partial charge is 0.292 e. The Kier molecular flexibility index (Phi) is 9.14. The second-order valence-corrected chi connectivity index (χ2v) is 13.8. The van der Waals surface area contributed by atoms with E-state index in [1.54, 1.807) is 42.5 Å².